The minimum Gasteiger partial charge on any atom is -0.333 e. The van der Waals surface area contributed by atoms with Gasteiger partial charge >= 0.3 is 6.61 Å². The highest BCUT2D eigenvalue weighted by Gasteiger charge is 2.34. The number of ether oxygens (including phenoxy) is 1. The Kier molecular flexibility index (Phi) is 3.27. The van der Waals surface area contributed by atoms with E-state index in [1.807, 2.05) is 0 Å². The van der Waals surface area contributed by atoms with Crippen LogP contribution in [0.2, 0.25) is 0 Å². The van der Waals surface area contributed by atoms with Crippen molar-refractivity contribution in [3.63, 3.8) is 0 Å². The number of nitrogens with zero attached hydrogens (tertiary/aromatic N) is 3. The van der Waals surface area contributed by atoms with Gasteiger partial charge < -0.3 is 9.64 Å². The van der Waals surface area contributed by atoms with E-state index in [0.29, 0.717) is 16.5 Å². The summed E-state index contributed by atoms with van der Waals surface area (Å²) in [5, 5.41) is 8.43. The zero-order valence-corrected chi connectivity index (χ0v) is 10.4. The molecule has 0 radical (unpaired) electrons. The Balaban J connectivity index is 1.78. The van der Waals surface area contributed by atoms with E-state index in [9.17, 15) is 13.6 Å². The normalized spacial score (nSPS) is 15.7. The van der Waals surface area contributed by atoms with E-state index in [4.69, 9.17) is 0 Å². The predicted octanol–water partition coefficient (Wildman–Crippen LogP) is 1.69. The molecular formula is C13H11F2N3O2. The highest BCUT2D eigenvalue weighted by molar-refractivity contribution is 6.05. The molecule has 104 valence electrons. The van der Waals surface area contributed by atoms with Gasteiger partial charge in [0, 0.05) is 18.5 Å². The molecule has 1 saturated heterocycles. The van der Waals surface area contributed by atoms with Crippen LogP contribution in [0.4, 0.5) is 8.78 Å². The van der Waals surface area contributed by atoms with Gasteiger partial charge in [0.1, 0.15) is 0 Å². The summed E-state index contributed by atoms with van der Waals surface area (Å²) in [5.41, 5.74) is 1.05. The maximum absolute atomic E-state index is 12.3. The maximum Gasteiger partial charge on any atom is 0.345 e. The molecule has 1 aliphatic heterocycles. The lowest BCUT2D eigenvalue weighted by Gasteiger charge is -2.38. The van der Waals surface area contributed by atoms with Crippen LogP contribution in [-0.4, -0.2) is 46.8 Å². The molecule has 1 aromatic carbocycles. The van der Waals surface area contributed by atoms with Crippen molar-refractivity contribution in [3.8, 4) is 0 Å². The first-order valence-corrected chi connectivity index (χ1v) is 6.08. The number of carbonyl (C=O) groups excluding carboxylic acids is 1. The number of rotatable bonds is 3. The standard InChI is InChI=1S/C13H11F2N3O2/c14-13(15)20-8-6-18(7-8)12(19)10-5-16-17-11-4-2-1-3-9(10)11/h1-5,8,13H,6-7H2. The van der Waals surface area contributed by atoms with Crippen molar-refractivity contribution in [2.75, 3.05) is 13.1 Å². The summed E-state index contributed by atoms with van der Waals surface area (Å²) in [7, 11) is 0. The molecule has 0 bridgehead atoms. The van der Waals surface area contributed by atoms with E-state index in [-0.39, 0.29) is 19.0 Å². The summed E-state index contributed by atoms with van der Waals surface area (Å²) in [5.74, 6) is -0.245. The van der Waals surface area contributed by atoms with Crippen LogP contribution < -0.4 is 0 Å². The molecule has 3 rings (SSSR count). The summed E-state index contributed by atoms with van der Waals surface area (Å²) in [6, 6.07) is 7.16. The van der Waals surface area contributed by atoms with E-state index < -0.39 is 12.7 Å². The lowest BCUT2D eigenvalue weighted by molar-refractivity contribution is -0.189. The number of alkyl halides is 2. The van der Waals surface area contributed by atoms with Crippen LogP contribution in [-0.2, 0) is 4.74 Å². The summed E-state index contributed by atoms with van der Waals surface area (Å²) >= 11 is 0. The van der Waals surface area contributed by atoms with Gasteiger partial charge in [0.25, 0.3) is 5.91 Å². The van der Waals surface area contributed by atoms with Crippen LogP contribution in [0.5, 0.6) is 0 Å². The van der Waals surface area contributed by atoms with Gasteiger partial charge in [-0.05, 0) is 6.07 Å². The molecule has 1 fully saturated rings. The van der Waals surface area contributed by atoms with Crippen molar-refractivity contribution in [1.29, 1.82) is 0 Å². The molecule has 0 atom stereocenters. The van der Waals surface area contributed by atoms with Crippen molar-refractivity contribution >= 4 is 16.8 Å². The molecule has 0 saturated carbocycles. The Morgan fingerprint density at radius 3 is 2.85 bits per heavy atom. The average molecular weight is 279 g/mol. The van der Waals surface area contributed by atoms with Gasteiger partial charge in [0.2, 0.25) is 0 Å². The van der Waals surface area contributed by atoms with Crippen LogP contribution in [0.25, 0.3) is 10.9 Å². The number of hydrogen-bond donors (Lipinski definition) is 0. The summed E-state index contributed by atoms with van der Waals surface area (Å²) in [6.07, 6.45) is 0.798. The van der Waals surface area contributed by atoms with Crippen molar-refractivity contribution in [2.45, 2.75) is 12.7 Å². The highest BCUT2D eigenvalue weighted by Crippen LogP contribution is 2.21. The van der Waals surface area contributed by atoms with Gasteiger partial charge in [0.15, 0.2) is 0 Å². The van der Waals surface area contributed by atoms with E-state index in [1.165, 1.54) is 11.1 Å². The third-order valence-corrected chi connectivity index (χ3v) is 3.21. The highest BCUT2D eigenvalue weighted by atomic mass is 19.3. The van der Waals surface area contributed by atoms with Crippen LogP contribution in [0.15, 0.2) is 30.5 Å². The molecule has 5 nitrogen and oxygen atoms in total. The Bertz CT molecular complexity index is 639. The van der Waals surface area contributed by atoms with Crippen LogP contribution >= 0.6 is 0 Å². The van der Waals surface area contributed by atoms with Crippen LogP contribution in [0, 0.1) is 0 Å². The molecule has 1 amide bonds. The summed E-state index contributed by atoms with van der Waals surface area (Å²) in [4.78, 5) is 13.7. The van der Waals surface area contributed by atoms with Crippen molar-refractivity contribution in [2.24, 2.45) is 0 Å². The first-order valence-electron chi connectivity index (χ1n) is 6.08. The van der Waals surface area contributed by atoms with Gasteiger partial charge in [-0.3, -0.25) is 4.79 Å². The second-order valence-electron chi connectivity index (χ2n) is 4.50. The molecule has 1 aliphatic rings. The number of carbonyl (C=O) groups is 1. The second kappa shape index (κ2) is 5.09. The van der Waals surface area contributed by atoms with E-state index in [1.54, 1.807) is 24.3 Å². The Morgan fingerprint density at radius 2 is 2.10 bits per heavy atom. The fourth-order valence-electron chi connectivity index (χ4n) is 2.18. The average Bonchev–Trinajstić information content (AvgIpc) is 2.41. The van der Waals surface area contributed by atoms with E-state index in [2.05, 4.69) is 14.9 Å². The largest absolute Gasteiger partial charge is 0.345 e. The topological polar surface area (TPSA) is 55.3 Å². The molecule has 20 heavy (non-hydrogen) atoms. The second-order valence-corrected chi connectivity index (χ2v) is 4.50. The quantitative estimate of drug-likeness (QED) is 0.858. The van der Waals surface area contributed by atoms with Crippen molar-refractivity contribution in [3.05, 3.63) is 36.0 Å². The molecule has 7 heteroatoms. The van der Waals surface area contributed by atoms with Gasteiger partial charge in [0.05, 0.1) is 23.4 Å². The van der Waals surface area contributed by atoms with E-state index >= 15 is 0 Å². The summed E-state index contributed by atoms with van der Waals surface area (Å²) in [6.45, 7) is -2.47. The van der Waals surface area contributed by atoms with Crippen molar-refractivity contribution < 1.29 is 18.3 Å². The van der Waals surface area contributed by atoms with Crippen LogP contribution in [0.1, 0.15) is 10.4 Å². The maximum atomic E-state index is 12.3. The molecular weight excluding hydrogens is 268 g/mol. The minimum atomic E-state index is -2.80. The summed E-state index contributed by atoms with van der Waals surface area (Å²) < 4.78 is 28.4. The molecule has 2 aromatic rings. The zero-order chi connectivity index (χ0) is 14.1. The molecule has 0 N–H and O–H groups in total. The number of hydrogen-bond acceptors (Lipinski definition) is 4. The van der Waals surface area contributed by atoms with Gasteiger partial charge in [-0.25, -0.2) is 0 Å². The number of fused-ring (bicyclic) bond motifs is 1. The number of benzene rings is 1. The lowest BCUT2D eigenvalue weighted by atomic mass is 10.1. The first kappa shape index (κ1) is 12.9. The SMILES string of the molecule is O=C(c1cnnc2ccccc12)N1CC(OC(F)F)C1. The molecule has 2 heterocycles. The Labute approximate surface area is 113 Å². The fraction of sp³-hybridized carbons (Fsp3) is 0.308. The molecule has 0 spiro atoms. The Morgan fingerprint density at radius 1 is 1.35 bits per heavy atom. The molecule has 0 aliphatic carbocycles. The number of amides is 1. The first-order chi connectivity index (χ1) is 9.65. The number of halogens is 2. The van der Waals surface area contributed by atoms with Gasteiger partial charge in [-0.2, -0.15) is 19.0 Å². The smallest absolute Gasteiger partial charge is 0.333 e. The van der Waals surface area contributed by atoms with E-state index in [0.717, 1.165) is 0 Å². The molecule has 1 aromatic heterocycles. The van der Waals surface area contributed by atoms with Gasteiger partial charge in [-0.1, -0.05) is 18.2 Å². The van der Waals surface area contributed by atoms with Crippen molar-refractivity contribution in [1.82, 2.24) is 15.1 Å². The third-order valence-electron chi connectivity index (χ3n) is 3.21. The monoisotopic (exact) mass is 279 g/mol. The minimum absolute atomic E-state index is 0.166. The number of likely N-dealkylation sites (tertiary alicyclic amines) is 1. The molecule has 0 unspecified atom stereocenters. The number of aromatic nitrogens is 2. The third kappa shape index (κ3) is 2.32. The fourth-order valence-corrected chi connectivity index (χ4v) is 2.18. The zero-order valence-electron chi connectivity index (χ0n) is 10.4. The Hall–Kier alpha value is -2.15. The predicted molar refractivity (Wildman–Crippen MR) is 66.3 cm³/mol. The van der Waals surface area contributed by atoms with Gasteiger partial charge in [-0.15, -0.1) is 0 Å². The van der Waals surface area contributed by atoms with Crippen LogP contribution in [0.3, 0.4) is 0 Å². The lowest BCUT2D eigenvalue weighted by Crippen LogP contribution is -2.55.